The third kappa shape index (κ3) is 4.51. The second-order valence-electron chi connectivity index (χ2n) is 8.65. The molecular formula is C22H31N3O3S. The molecule has 2 aromatic rings. The molecule has 6 nitrogen and oxygen atoms in total. The summed E-state index contributed by atoms with van der Waals surface area (Å²) in [6.07, 6.45) is 9.26. The van der Waals surface area contributed by atoms with Gasteiger partial charge in [0.1, 0.15) is 6.54 Å². The van der Waals surface area contributed by atoms with Gasteiger partial charge in [-0.25, -0.2) is 8.42 Å². The fourth-order valence-electron chi connectivity index (χ4n) is 4.56. The summed E-state index contributed by atoms with van der Waals surface area (Å²) in [7, 11) is -3.45. The molecule has 0 atom stereocenters. The first kappa shape index (κ1) is 20.4. The second kappa shape index (κ2) is 8.48. The smallest absolute Gasteiger partial charge is 0.243 e. The van der Waals surface area contributed by atoms with Gasteiger partial charge in [-0.05, 0) is 68.7 Å². The molecule has 2 heterocycles. The normalized spacial score (nSPS) is 23.9. The number of fused-ring (bicyclic) bond motifs is 1. The van der Waals surface area contributed by atoms with Gasteiger partial charge in [-0.2, -0.15) is 4.31 Å². The van der Waals surface area contributed by atoms with E-state index in [9.17, 15) is 13.2 Å². The lowest BCUT2D eigenvalue weighted by atomic mass is 9.87. The summed E-state index contributed by atoms with van der Waals surface area (Å²) in [5.74, 6) is 0.777. The maximum absolute atomic E-state index is 12.9. The van der Waals surface area contributed by atoms with E-state index in [1.807, 2.05) is 22.9 Å². The van der Waals surface area contributed by atoms with Gasteiger partial charge in [-0.3, -0.25) is 4.79 Å². The van der Waals surface area contributed by atoms with Gasteiger partial charge in [0.15, 0.2) is 0 Å². The number of piperidine rings is 1. The van der Waals surface area contributed by atoms with Crippen LogP contribution in [0.4, 0.5) is 0 Å². The number of benzene rings is 1. The molecule has 0 spiro atoms. The van der Waals surface area contributed by atoms with E-state index in [0.29, 0.717) is 18.0 Å². The van der Waals surface area contributed by atoms with Gasteiger partial charge in [0.2, 0.25) is 15.9 Å². The van der Waals surface area contributed by atoms with Gasteiger partial charge in [0.25, 0.3) is 0 Å². The molecule has 1 aliphatic heterocycles. The van der Waals surface area contributed by atoms with E-state index in [0.717, 1.165) is 48.9 Å². The molecular weight excluding hydrogens is 386 g/mol. The minimum atomic E-state index is -3.45. The predicted molar refractivity (Wildman–Crippen MR) is 114 cm³/mol. The molecule has 158 valence electrons. The highest BCUT2D eigenvalue weighted by atomic mass is 32.2. The van der Waals surface area contributed by atoms with Gasteiger partial charge < -0.3 is 9.88 Å². The van der Waals surface area contributed by atoms with Crippen LogP contribution in [-0.4, -0.2) is 42.3 Å². The van der Waals surface area contributed by atoms with Crippen LogP contribution in [0.1, 0.15) is 51.9 Å². The number of nitrogens with zero attached hydrogens (tertiary/aromatic N) is 2. The molecule has 1 aromatic heterocycles. The summed E-state index contributed by atoms with van der Waals surface area (Å²) in [5.41, 5.74) is 0.884. The second-order valence-corrected chi connectivity index (χ2v) is 10.6. The molecule has 1 aromatic carbocycles. The quantitative estimate of drug-likeness (QED) is 0.809. The van der Waals surface area contributed by atoms with E-state index in [1.54, 1.807) is 16.4 Å². The van der Waals surface area contributed by atoms with Crippen molar-refractivity contribution in [2.75, 3.05) is 13.1 Å². The molecule has 1 amide bonds. The van der Waals surface area contributed by atoms with Crippen molar-refractivity contribution < 1.29 is 13.2 Å². The zero-order chi connectivity index (χ0) is 20.4. The van der Waals surface area contributed by atoms with Crippen LogP contribution in [0.3, 0.4) is 0 Å². The van der Waals surface area contributed by atoms with Gasteiger partial charge in [-0.1, -0.05) is 13.3 Å². The third-order valence-electron chi connectivity index (χ3n) is 6.39. The van der Waals surface area contributed by atoms with Gasteiger partial charge in [-0.15, -0.1) is 0 Å². The van der Waals surface area contributed by atoms with Gasteiger partial charge in [0.05, 0.1) is 4.90 Å². The Kier molecular flexibility index (Phi) is 5.97. The maximum Gasteiger partial charge on any atom is 0.243 e. The van der Waals surface area contributed by atoms with Crippen molar-refractivity contribution in [2.45, 2.75) is 69.4 Å². The number of amides is 1. The number of hydrogen-bond acceptors (Lipinski definition) is 3. The molecule has 1 N–H and O–H groups in total. The Morgan fingerprint density at radius 2 is 1.79 bits per heavy atom. The van der Waals surface area contributed by atoms with Crippen LogP contribution in [0, 0.1) is 5.92 Å². The Morgan fingerprint density at radius 3 is 2.52 bits per heavy atom. The minimum absolute atomic E-state index is 0.0204. The monoisotopic (exact) mass is 417 g/mol. The zero-order valence-corrected chi connectivity index (χ0v) is 18.0. The number of sulfonamides is 1. The van der Waals surface area contributed by atoms with E-state index in [1.165, 1.54) is 12.8 Å². The molecule has 2 fully saturated rings. The highest BCUT2D eigenvalue weighted by molar-refractivity contribution is 7.89. The average molecular weight is 418 g/mol. The summed E-state index contributed by atoms with van der Waals surface area (Å²) >= 11 is 0. The van der Waals surface area contributed by atoms with Crippen LogP contribution < -0.4 is 5.32 Å². The number of carbonyl (C=O) groups is 1. The van der Waals surface area contributed by atoms with Crippen molar-refractivity contribution in [1.82, 2.24) is 14.2 Å². The summed E-state index contributed by atoms with van der Waals surface area (Å²) in [5, 5.41) is 4.01. The lowest BCUT2D eigenvalue weighted by Crippen LogP contribution is -2.39. The first-order chi connectivity index (χ1) is 13.9. The lowest BCUT2D eigenvalue weighted by molar-refractivity contribution is -0.122. The van der Waals surface area contributed by atoms with Crippen molar-refractivity contribution in [1.29, 1.82) is 0 Å². The number of carbonyl (C=O) groups excluding carboxylic acids is 1. The van der Waals surface area contributed by atoms with Crippen LogP contribution in [0.2, 0.25) is 0 Å². The fourth-order valence-corrected chi connectivity index (χ4v) is 6.12. The Labute approximate surface area is 173 Å². The number of aromatic nitrogens is 1. The molecule has 1 saturated heterocycles. The number of nitrogens with one attached hydrogen (secondary N) is 1. The summed E-state index contributed by atoms with van der Waals surface area (Å²) in [6.45, 7) is 3.72. The topological polar surface area (TPSA) is 71.4 Å². The molecule has 1 saturated carbocycles. The van der Waals surface area contributed by atoms with Gasteiger partial charge in [0, 0.05) is 36.2 Å². The highest BCUT2D eigenvalue weighted by Crippen LogP contribution is 2.26. The standard InChI is InChI=1S/C22H31N3O3S/c1-17-5-7-19(8-6-17)23-22(26)16-24-14-11-18-15-20(9-10-21(18)24)29(27,28)25-12-3-2-4-13-25/h9-11,14-15,17,19H,2-8,12-13,16H2,1H3,(H,23,26). The van der Waals surface area contributed by atoms with Crippen molar-refractivity contribution in [2.24, 2.45) is 5.92 Å². The summed E-state index contributed by atoms with van der Waals surface area (Å²) in [4.78, 5) is 12.8. The van der Waals surface area contributed by atoms with Crippen molar-refractivity contribution >= 4 is 26.8 Å². The molecule has 7 heteroatoms. The average Bonchev–Trinajstić information content (AvgIpc) is 3.12. The van der Waals surface area contributed by atoms with Crippen LogP contribution in [0.25, 0.3) is 10.9 Å². The van der Waals surface area contributed by atoms with Gasteiger partial charge >= 0.3 is 0 Å². The minimum Gasteiger partial charge on any atom is -0.352 e. The summed E-state index contributed by atoms with van der Waals surface area (Å²) < 4.78 is 29.3. The Bertz CT molecular complexity index is 968. The number of hydrogen-bond donors (Lipinski definition) is 1. The van der Waals surface area contributed by atoms with Crippen molar-refractivity contribution in [3.63, 3.8) is 0 Å². The van der Waals surface area contributed by atoms with E-state index in [-0.39, 0.29) is 18.5 Å². The predicted octanol–water partition coefficient (Wildman–Crippen LogP) is 3.51. The SMILES string of the molecule is CC1CCC(NC(=O)Cn2ccc3cc(S(=O)(=O)N4CCCCC4)ccc32)CC1. The molecule has 4 rings (SSSR count). The maximum atomic E-state index is 12.9. The Morgan fingerprint density at radius 1 is 1.07 bits per heavy atom. The van der Waals surface area contributed by atoms with E-state index < -0.39 is 10.0 Å². The lowest BCUT2D eigenvalue weighted by Gasteiger charge is -2.27. The van der Waals surface area contributed by atoms with E-state index in [4.69, 9.17) is 0 Å². The van der Waals surface area contributed by atoms with E-state index >= 15 is 0 Å². The largest absolute Gasteiger partial charge is 0.352 e. The van der Waals surface area contributed by atoms with Crippen LogP contribution in [0.5, 0.6) is 0 Å². The van der Waals surface area contributed by atoms with Crippen LogP contribution >= 0.6 is 0 Å². The molecule has 0 unspecified atom stereocenters. The highest BCUT2D eigenvalue weighted by Gasteiger charge is 2.26. The first-order valence-electron chi connectivity index (χ1n) is 10.8. The Hall–Kier alpha value is -1.86. The zero-order valence-electron chi connectivity index (χ0n) is 17.1. The molecule has 29 heavy (non-hydrogen) atoms. The van der Waals surface area contributed by atoms with Crippen LogP contribution in [0.15, 0.2) is 35.4 Å². The number of rotatable bonds is 5. The van der Waals surface area contributed by atoms with Crippen molar-refractivity contribution in [3.8, 4) is 0 Å². The third-order valence-corrected chi connectivity index (χ3v) is 8.28. The molecule has 0 bridgehead atoms. The Balaban J connectivity index is 1.46. The first-order valence-corrected chi connectivity index (χ1v) is 12.3. The molecule has 0 radical (unpaired) electrons. The van der Waals surface area contributed by atoms with E-state index in [2.05, 4.69) is 12.2 Å². The fraction of sp³-hybridized carbons (Fsp3) is 0.591. The van der Waals surface area contributed by atoms with Crippen LogP contribution in [-0.2, 0) is 21.4 Å². The molecule has 2 aliphatic rings. The summed E-state index contributed by atoms with van der Waals surface area (Å²) in [6, 6.07) is 7.39. The van der Waals surface area contributed by atoms with Crippen molar-refractivity contribution in [3.05, 3.63) is 30.5 Å². The molecule has 1 aliphatic carbocycles.